The van der Waals surface area contributed by atoms with Gasteiger partial charge >= 0.3 is 0 Å². The highest BCUT2D eigenvalue weighted by molar-refractivity contribution is 7.11. The van der Waals surface area contributed by atoms with Crippen LogP contribution in [0.5, 0.6) is 5.75 Å². The Balaban J connectivity index is 1.56. The molecule has 1 fully saturated rings. The molecule has 0 N–H and O–H groups in total. The summed E-state index contributed by atoms with van der Waals surface area (Å²) in [5.74, 6) is 2.23. The standard InChI is InChI=1S/C21H23N3O3S/c1-14-19(28-13-23-14)21(25)24-10-6-5-8-17(24)20-22-12-16(27-20)11-15-7-3-4-9-18(15)26-2/h3-4,7,9,12-13,17H,5-6,8,10-11H2,1-2H3/t17-/m0/s1. The van der Waals surface area contributed by atoms with Crippen LogP contribution >= 0.6 is 11.3 Å². The highest BCUT2D eigenvalue weighted by Crippen LogP contribution is 2.33. The van der Waals surface area contributed by atoms with Crippen molar-refractivity contribution in [2.75, 3.05) is 13.7 Å². The lowest BCUT2D eigenvalue weighted by Crippen LogP contribution is -2.38. The number of thiazole rings is 1. The van der Waals surface area contributed by atoms with Gasteiger partial charge in [0.2, 0.25) is 5.89 Å². The number of ether oxygens (including phenoxy) is 1. The van der Waals surface area contributed by atoms with Crippen LogP contribution in [0.1, 0.15) is 57.9 Å². The molecule has 6 nitrogen and oxygen atoms in total. The molecule has 1 aromatic carbocycles. The van der Waals surface area contributed by atoms with E-state index >= 15 is 0 Å². The third-order valence-electron chi connectivity index (χ3n) is 5.12. The van der Waals surface area contributed by atoms with E-state index in [9.17, 15) is 4.79 Å². The van der Waals surface area contributed by atoms with E-state index in [0.717, 1.165) is 42.0 Å². The Bertz CT molecular complexity index is 965. The zero-order valence-corrected chi connectivity index (χ0v) is 16.9. The number of amides is 1. The monoisotopic (exact) mass is 397 g/mol. The fourth-order valence-corrected chi connectivity index (χ4v) is 4.42. The van der Waals surface area contributed by atoms with Crippen LogP contribution in [-0.4, -0.2) is 34.4 Å². The topological polar surface area (TPSA) is 68.5 Å². The summed E-state index contributed by atoms with van der Waals surface area (Å²) >= 11 is 1.39. The number of nitrogens with zero attached hydrogens (tertiary/aromatic N) is 3. The highest BCUT2D eigenvalue weighted by Gasteiger charge is 2.33. The van der Waals surface area contributed by atoms with Gasteiger partial charge < -0.3 is 14.1 Å². The number of methoxy groups -OCH3 is 1. The number of carbonyl (C=O) groups excluding carboxylic acids is 1. The first-order valence-corrected chi connectivity index (χ1v) is 10.3. The van der Waals surface area contributed by atoms with Gasteiger partial charge in [-0.15, -0.1) is 11.3 Å². The van der Waals surface area contributed by atoms with E-state index in [4.69, 9.17) is 9.15 Å². The maximum absolute atomic E-state index is 13.1. The zero-order chi connectivity index (χ0) is 19.5. The SMILES string of the molecule is COc1ccccc1Cc1cnc([C@@H]2CCCCN2C(=O)c2scnc2C)o1. The van der Waals surface area contributed by atoms with Gasteiger partial charge in [0.05, 0.1) is 24.5 Å². The van der Waals surface area contributed by atoms with E-state index < -0.39 is 0 Å². The van der Waals surface area contributed by atoms with Gasteiger partial charge in [-0.3, -0.25) is 4.79 Å². The van der Waals surface area contributed by atoms with Gasteiger partial charge in [0.25, 0.3) is 5.91 Å². The van der Waals surface area contributed by atoms with Crippen LogP contribution < -0.4 is 4.74 Å². The third-order valence-corrected chi connectivity index (χ3v) is 6.03. The van der Waals surface area contributed by atoms with E-state index in [2.05, 4.69) is 9.97 Å². The number of rotatable bonds is 5. The Morgan fingerprint density at radius 1 is 1.32 bits per heavy atom. The van der Waals surface area contributed by atoms with Crippen molar-refractivity contribution < 1.29 is 13.9 Å². The maximum atomic E-state index is 13.1. The molecule has 0 bridgehead atoms. The Labute approximate surface area is 168 Å². The minimum atomic E-state index is -0.130. The molecule has 0 spiro atoms. The number of likely N-dealkylation sites (tertiary alicyclic amines) is 1. The van der Waals surface area contributed by atoms with Crippen LogP contribution in [0.25, 0.3) is 0 Å². The van der Waals surface area contributed by atoms with Crippen molar-refractivity contribution in [3.63, 3.8) is 0 Å². The third kappa shape index (κ3) is 3.67. The van der Waals surface area contributed by atoms with Crippen LogP contribution in [0.15, 0.2) is 40.4 Å². The van der Waals surface area contributed by atoms with Gasteiger partial charge in [0.1, 0.15) is 22.4 Å². The Kier molecular flexibility index (Phi) is 5.43. The summed E-state index contributed by atoms with van der Waals surface area (Å²) in [6, 6.07) is 7.75. The van der Waals surface area contributed by atoms with Crippen LogP contribution in [0.2, 0.25) is 0 Å². The van der Waals surface area contributed by atoms with Crippen molar-refractivity contribution in [2.45, 2.75) is 38.6 Å². The molecule has 1 atom stereocenters. The summed E-state index contributed by atoms with van der Waals surface area (Å²) in [5, 5.41) is 0. The van der Waals surface area contributed by atoms with Gasteiger partial charge in [-0.25, -0.2) is 9.97 Å². The summed E-state index contributed by atoms with van der Waals surface area (Å²) in [7, 11) is 1.66. The maximum Gasteiger partial charge on any atom is 0.266 e. The van der Waals surface area contributed by atoms with E-state index in [0.29, 0.717) is 23.7 Å². The van der Waals surface area contributed by atoms with Crippen molar-refractivity contribution in [1.82, 2.24) is 14.9 Å². The van der Waals surface area contributed by atoms with Crippen molar-refractivity contribution in [3.8, 4) is 5.75 Å². The Morgan fingerprint density at radius 2 is 2.18 bits per heavy atom. The summed E-state index contributed by atoms with van der Waals surface area (Å²) in [4.78, 5) is 24.4. The predicted molar refractivity (Wildman–Crippen MR) is 107 cm³/mol. The highest BCUT2D eigenvalue weighted by atomic mass is 32.1. The number of aryl methyl sites for hydroxylation is 1. The largest absolute Gasteiger partial charge is 0.496 e. The number of hydrogen-bond donors (Lipinski definition) is 0. The molecule has 7 heteroatoms. The van der Waals surface area contributed by atoms with Crippen LogP contribution in [0.3, 0.4) is 0 Å². The molecule has 1 aliphatic rings. The number of oxazole rings is 1. The Morgan fingerprint density at radius 3 is 2.96 bits per heavy atom. The number of para-hydroxylation sites is 1. The van der Waals surface area contributed by atoms with E-state index in [-0.39, 0.29) is 11.9 Å². The van der Waals surface area contributed by atoms with Gasteiger partial charge in [0, 0.05) is 18.5 Å². The molecule has 3 heterocycles. The summed E-state index contributed by atoms with van der Waals surface area (Å²) in [6.45, 7) is 2.59. The molecule has 0 aliphatic carbocycles. The van der Waals surface area contributed by atoms with E-state index in [1.165, 1.54) is 11.3 Å². The molecule has 0 saturated carbocycles. The first-order valence-electron chi connectivity index (χ1n) is 9.45. The first kappa shape index (κ1) is 18.7. The van der Waals surface area contributed by atoms with Crippen LogP contribution in [0, 0.1) is 6.92 Å². The lowest BCUT2D eigenvalue weighted by molar-refractivity contribution is 0.0574. The second-order valence-electron chi connectivity index (χ2n) is 6.93. The molecular formula is C21H23N3O3S. The van der Waals surface area contributed by atoms with Crippen LogP contribution in [0.4, 0.5) is 0 Å². The van der Waals surface area contributed by atoms with Gasteiger partial charge in [-0.2, -0.15) is 0 Å². The van der Waals surface area contributed by atoms with Gasteiger partial charge in [-0.1, -0.05) is 18.2 Å². The molecular weight excluding hydrogens is 374 g/mol. The molecule has 146 valence electrons. The number of carbonyl (C=O) groups is 1. The van der Waals surface area contributed by atoms with Crippen molar-refractivity contribution >= 4 is 17.2 Å². The second kappa shape index (κ2) is 8.14. The molecule has 1 amide bonds. The summed E-state index contributed by atoms with van der Waals surface area (Å²) in [6.07, 6.45) is 5.27. The fraction of sp³-hybridized carbons (Fsp3) is 0.381. The first-order chi connectivity index (χ1) is 13.7. The molecule has 0 unspecified atom stereocenters. The second-order valence-corrected chi connectivity index (χ2v) is 7.79. The molecule has 4 rings (SSSR count). The molecule has 28 heavy (non-hydrogen) atoms. The molecule has 1 aliphatic heterocycles. The van der Waals surface area contributed by atoms with E-state index in [1.807, 2.05) is 36.1 Å². The molecule has 2 aromatic heterocycles. The average Bonchev–Trinajstić information content (AvgIpc) is 3.37. The quantitative estimate of drug-likeness (QED) is 0.638. The minimum Gasteiger partial charge on any atom is -0.496 e. The van der Waals surface area contributed by atoms with Gasteiger partial charge in [-0.05, 0) is 32.3 Å². The fourth-order valence-electron chi connectivity index (χ4n) is 3.66. The molecule has 0 radical (unpaired) electrons. The average molecular weight is 398 g/mol. The van der Waals surface area contributed by atoms with Crippen molar-refractivity contribution in [3.05, 3.63) is 63.8 Å². The minimum absolute atomic E-state index is 0.0224. The van der Waals surface area contributed by atoms with Gasteiger partial charge in [0.15, 0.2) is 0 Å². The molecule has 3 aromatic rings. The summed E-state index contributed by atoms with van der Waals surface area (Å²) in [5.41, 5.74) is 3.55. The predicted octanol–water partition coefficient (Wildman–Crippen LogP) is 4.41. The lowest BCUT2D eigenvalue weighted by atomic mass is 10.0. The Hall–Kier alpha value is -2.67. The lowest BCUT2D eigenvalue weighted by Gasteiger charge is -2.33. The zero-order valence-electron chi connectivity index (χ0n) is 16.1. The normalized spacial score (nSPS) is 16.9. The van der Waals surface area contributed by atoms with Crippen LogP contribution in [-0.2, 0) is 6.42 Å². The number of aromatic nitrogens is 2. The van der Waals surface area contributed by atoms with Crippen molar-refractivity contribution in [2.24, 2.45) is 0 Å². The number of hydrogen-bond acceptors (Lipinski definition) is 6. The smallest absolute Gasteiger partial charge is 0.266 e. The van der Waals surface area contributed by atoms with Crippen molar-refractivity contribution in [1.29, 1.82) is 0 Å². The van der Waals surface area contributed by atoms with E-state index in [1.54, 1.807) is 18.8 Å². The number of benzene rings is 1. The molecule has 1 saturated heterocycles. The summed E-state index contributed by atoms with van der Waals surface area (Å²) < 4.78 is 11.5. The number of piperidine rings is 1.